The number of thioether (sulfide) groups is 1. The molecule has 1 atom stereocenters. The molecule has 0 aromatic heterocycles. The van der Waals surface area contributed by atoms with E-state index in [9.17, 15) is 9.90 Å². The molecule has 19 heavy (non-hydrogen) atoms. The molecule has 2 rings (SSSR count). The number of hydrogen-bond acceptors (Lipinski definition) is 2. The Morgan fingerprint density at radius 3 is 2.74 bits per heavy atom. The van der Waals surface area contributed by atoms with Crippen LogP contribution >= 0.6 is 23.4 Å². The van der Waals surface area contributed by atoms with Crippen molar-refractivity contribution in [2.24, 2.45) is 5.41 Å². The van der Waals surface area contributed by atoms with Gasteiger partial charge in [0, 0.05) is 21.7 Å². The Kier molecular flexibility index (Phi) is 4.02. The predicted octanol–water partition coefficient (Wildman–Crippen LogP) is 4.34. The van der Waals surface area contributed by atoms with Gasteiger partial charge in [0.05, 0.1) is 6.54 Å². The highest BCUT2D eigenvalue weighted by Gasteiger charge is 2.32. The second-order valence-corrected chi connectivity index (χ2v) is 7.57. The first-order valence-corrected chi connectivity index (χ1v) is 7.46. The van der Waals surface area contributed by atoms with E-state index in [2.05, 4.69) is 20.8 Å². The minimum Gasteiger partial charge on any atom is -0.465 e. The molecule has 104 valence electrons. The molecule has 0 saturated carbocycles. The van der Waals surface area contributed by atoms with Gasteiger partial charge in [0.1, 0.15) is 0 Å². The highest BCUT2D eigenvalue weighted by atomic mass is 35.5. The Morgan fingerprint density at radius 1 is 1.47 bits per heavy atom. The average Bonchev–Trinajstić information content (AvgIpc) is 2.47. The molecule has 1 heterocycles. The fraction of sp³-hybridized carbons (Fsp3) is 0.500. The maximum Gasteiger partial charge on any atom is 0.407 e. The van der Waals surface area contributed by atoms with Crippen LogP contribution in [0.3, 0.4) is 0 Å². The van der Waals surface area contributed by atoms with Crippen molar-refractivity contribution in [1.82, 2.24) is 4.90 Å². The molecule has 3 nitrogen and oxygen atoms in total. The third-order valence-electron chi connectivity index (χ3n) is 3.28. The van der Waals surface area contributed by atoms with Crippen molar-refractivity contribution < 1.29 is 9.90 Å². The van der Waals surface area contributed by atoms with Crippen molar-refractivity contribution in [1.29, 1.82) is 0 Å². The lowest BCUT2D eigenvalue weighted by Crippen LogP contribution is -2.38. The first-order chi connectivity index (χ1) is 8.77. The average molecular weight is 300 g/mol. The molecular formula is C14H18ClNO2S. The number of carbonyl (C=O) groups is 1. The molecule has 1 aromatic carbocycles. The molecule has 0 fully saturated rings. The molecule has 1 aliphatic rings. The van der Waals surface area contributed by atoms with Crippen molar-refractivity contribution in [2.75, 3.05) is 6.54 Å². The van der Waals surface area contributed by atoms with Crippen LogP contribution in [0.1, 0.15) is 26.3 Å². The molecule has 0 bridgehead atoms. The summed E-state index contributed by atoms with van der Waals surface area (Å²) in [7, 11) is 0. The van der Waals surface area contributed by atoms with Gasteiger partial charge in [0.25, 0.3) is 0 Å². The monoisotopic (exact) mass is 299 g/mol. The van der Waals surface area contributed by atoms with E-state index in [-0.39, 0.29) is 10.7 Å². The largest absolute Gasteiger partial charge is 0.465 e. The Labute approximate surface area is 122 Å². The van der Waals surface area contributed by atoms with Crippen LogP contribution < -0.4 is 0 Å². The molecule has 1 aliphatic heterocycles. The highest BCUT2D eigenvalue weighted by Crippen LogP contribution is 2.40. The van der Waals surface area contributed by atoms with Crippen molar-refractivity contribution >= 4 is 29.5 Å². The quantitative estimate of drug-likeness (QED) is 0.774. The summed E-state index contributed by atoms with van der Waals surface area (Å²) in [6, 6.07) is 5.72. The molecule has 0 saturated heterocycles. The maximum absolute atomic E-state index is 11.4. The molecule has 1 amide bonds. The molecule has 1 aromatic rings. The van der Waals surface area contributed by atoms with Crippen LogP contribution in [0.4, 0.5) is 4.79 Å². The number of benzene rings is 1. The van der Waals surface area contributed by atoms with E-state index in [1.165, 1.54) is 4.90 Å². The van der Waals surface area contributed by atoms with E-state index in [0.29, 0.717) is 18.1 Å². The van der Waals surface area contributed by atoms with Gasteiger partial charge in [-0.15, -0.1) is 11.8 Å². The SMILES string of the molecule is CC(C)(C)C1CN(C(=O)O)Cc2cc(Cl)ccc2S1. The number of amides is 1. The zero-order chi connectivity index (χ0) is 14.2. The van der Waals surface area contributed by atoms with E-state index in [1.807, 2.05) is 18.2 Å². The predicted molar refractivity (Wildman–Crippen MR) is 79.0 cm³/mol. The highest BCUT2D eigenvalue weighted by molar-refractivity contribution is 8.00. The van der Waals surface area contributed by atoms with Crippen LogP contribution in [0.5, 0.6) is 0 Å². The first kappa shape index (κ1) is 14.5. The van der Waals surface area contributed by atoms with Crippen LogP contribution in [0.2, 0.25) is 5.02 Å². The van der Waals surface area contributed by atoms with E-state index in [0.717, 1.165) is 10.5 Å². The van der Waals surface area contributed by atoms with Gasteiger partial charge < -0.3 is 10.0 Å². The Bertz CT molecular complexity index is 499. The van der Waals surface area contributed by atoms with Gasteiger partial charge in [-0.3, -0.25) is 0 Å². The lowest BCUT2D eigenvalue weighted by Gasteiger charge is -2.31. The molecule has 0 spiro atoms. The summed E-state index contributed by atoms with van der Waals surface area (Å²) in [5.74, 6) is 0. The Hall–Kier alpha value is -0.870. The zero-order valence-corrected chi connectivity index (χ0v) is 12.9. The number of carboxylic acid groups (broad SMARTS) is 1. The van der Waals surface area contributed by atoms with Gasteiger partial charge in [-0.1, -0.05) is 32.4 Å². The summed E-state index contributed by atoms with van der Waals surface area (Å²) >= 11 is 7.76. The lowest BCUT2D eigenvalue weighted by atomic mass is 9.91. The third kappa shape index (κ3) is 3.37. The van der Waals surface area contributed by atoms with E-state index in [4.69, 9.17) is 11.6 Å². The van der Waals surface area contributed by atoms with E-state index in [1.54, 1.807) is 11.8 Å². The summed E-state index contributed by atoms with van der Waals surface area (Å²) < 4.78 is 0. The minimum atomic E-state index is -0.873. The fourth-order valence-electron chi connectivity index (χ4n) is 2.04. The smallest absolute Gasteiger partial charge is 0.407 e. The second kappa shape index (κ2) is 5.25. The van der Waals surface area contributed by atoms with Gasteiger partial charge in [-0.05, 0) is 29.2 Å². The normalized spacial score (nSPS) is 19.8. The second-order valence-electron chi connectivity index (χ2n) is 5.89. The van der Waals surface area contributed by atoms with E-state index >= 15 is 0 Å². The summed E-state index contributed by atoms with van der Waals surface area (Å²) in [6.45, 7) is 7.38. The van der Waals surface area contributed by atoms with Crippen molar-refractivity contribution in [3.8, 4) is 0 Å². The lowest BCUT2D eigenvalue weighted by molar-refractivity contribution is 0.137. The molecule has 0 aliphatic carbocycles. The van der Waals surface area contributed by atoms with Gasteiger partial charge >= 0.3 is 6.09 Å². The molecular weight excluding hydrogens is 282 g/mol. The molecule has 0 radical (unpaired) electrons. The van der Waals surface area contributed by atoms with Gasteiger partial charge in [-0.25, -0.2) is 4.79 Å². The van der Waals surface area contributed by atoms with Gasteiger partial charge in [0.15, 0.2) is 0 Å². The molecule has 5 heteroatoms. The van der Waals surface area contributed by atoms with Gasteiger partial charge in [0.2, 0.25) is 0 Å². The number of nitrogens with zero attached hydrogens (tertiary/aromatic N) is 1. The number of halogens is 1. The van der Waals surface area contributed by atoms with Crippen LogP contribution in [-0.4, -0.2) is 27.9 Å². The standard InChI is InChI=1S/C14H18ClNO2S/c1-14(2,3)12-8-16(13(17)18)7-9-6-10(15)4-5-11(9)19-12/h4-6,12H,7-8H2,1-3H3,(H,17,18). The number of fused-ring (bicyclic) bond motifs is 1. The number of hydrogen-bond donors (Lipinski definition) is 1. The first-order valence-electron chi connectivity index (χ1n) is 6.20. The molecule has 1 N–H and O–H groups in total. The van der Waals surface area contributed by atoms with Crippen LogP contribution in [0.15, 0.2) is 23.1 Å². The number of rotatable bonds is 0. The van der Waals surface area contributed by atoms with Gasteiger partial charge in [-0.2, -0.15) is 0 Å². The third-order valence-corrected chi connectivity index (χ3v) is 5.30. The summed E-state index contributed by atoms with van der Waals surface area (Å²) in [6.07, 6.45) is -0.873. The van der Waals surface area contributed by atoms with E-state index < -0.39 is 6.09 Å². The van der Waals surface area contributed by atoms with Crippen molar-refractivity contribution in [2.45, 2.75) is 37.5 Å². The topological polar surface area (TPSA) is 40.5 Å². The summed E-state index contributed by atoms with van der Waals surface area (Å²) in [4.78, 5) is 14.0. The maximum atomic E-state index is 11.4. The Balaban J connectivity index is 2.40. The van der Waals surface area contributed by atoms with Crippen LogP contribution in [0.25, 0.3) is 0 Å². The summed E-state index contributed by atoms with van der Waals surface area (Å²) in [5, 5.41) is 10.2. The summed E-state index contributed by atoms with van der Waals surface area (Å²) in [5.41, 5.74) is 1.03. The van der Waals surface area contributed by atoms with Crippen molar-refractivity contribution in [3.63, 3.8) is 0 Å². The van der Waals surface area contributed by atoms with Crippen LogP contribution in [0, 0.1) is 5.41 Å². The molecule has 1 unspecified atom stereocenters. The van der Waals surface area contributed by atoms with Crippen LogP contribution in [-0.2, 0) is 6.54 Å². The minimum absolute atomic E-state index is 0.0413. The fourth-order valence-corrected chi connectivity index (χ4v) is 3.57. The van der Waals surface area contributed by atoms with Crippen molar-refractivity contribution in [3.05, 3.63) is 28.8 Å². The zero-order valence-electron chi connectivity index (χ0n) is 11.3. The Morgan fingerprint density at radius 2 is 2.16 bits per heavy atom.